The van der Waals surface area contributed by atoms with E-state index in [1.165, 1.54) is 23.9 Å². The van der Waals surface area contributed by atoms with Crippen LogP contribution in [0.15, 0.2) is 48.5 Å². The highest BCUT2D eigenvalue weighted by Crippen LogP contribution is 2.34. The molecule has 0 unspecified atom stereocenters. The van der Waals surface area contributed by atoms with E-state index < -0.39 is 0 Å². The maximum absolute atomic E-state index is 6.41. The van der Waals surface area contributed by atoms with Crippen molar-refractivity contribution in [2.75, 3.05) is 20.1 Å². The Kier molecular flexibility index (Phi) is 3.83. The molecule has 23 heavy (non-hydrogen) atoms. The number of piperidine rings is 1. The van der Waals surface area contributed by atoms with E-state index in [1.54, 1.807) is 0 Å². The third-order valence-corrected chi connectivity index (χ3v) is 5.12. The van der Waals surface area contributed by atoms with Crippen LogP contribution in [0.1, 0.15) is 24.5 Å². The molecule has 4 rings (SSSR count). The summed E-state index contributed by atoms with van der Waals surface area (Å²) in [6.45, 7) is 2.27. The van der Waals surface area contributed by atoms with Crippen LogP contribution in [0.25, 0.3) is 16.6 Å². The molecule has 0 amide bonds. The molecular formula is C19H20ClN3. The first-order valence-corrected chi connectivity index (χ1v) is 8.53. The topological polar surface area (TPSA) is 21.1 Å². The lowest BCUT2D eigenvalue weighted by Crippen LogP contribution is -2.29. The molecule has 2 heterocycles. The number of para-hydroxylation sites is 2. The van der Waals surface area contributed by atoms with Crippen LogP contribution in [0.5, 0.6) is 0 Å². The highest BCUT2D eigenvalue weighted by atomic mass is 35.5. The zero-order valence-corrected chi connectivity index (χ0v) is 14.0. The number of halogens is 1. The Morgan fingerprint density at radius 1 is 1.00 bits per heavy atom. The van der Waals surface area contributed by atoms with Crippen LogP contribution in [0.3, 0.4) is 0 Å². The molecule has 3 aromatic rings. The summed E-state index contributed by atoms with van der Waals surface area (Å²) in [6, 6.07) is 16.4. The Balaban J connectivity index is 1.85. The Morgan fingerprint density at radius 3 is 2.48 bits per heavy atom. The van der Waals surface area contributed by atoms with Crippen molar-refractivity contribution >= 4 is 22.5 Å². The summed E-state index contributed by atoms with van der Waals surface area (Å²) in [6.07, 6.45) is 2.33. The van der Waals surface area contributed by atoms with E-state index >= 15 is 0 Å². The number of benzene rings is 2. The molecule has 0 N–H and O–H groups in total. The predicted molar refractivity (Wildman–Crippen MR) is 95.6 cm³/mol. The number of likely N-dealkylation sites (tertiary alicyclic amines) is 1. The first kappa shape index (κ1) is 14.7. The van der Waals surface area contributed by atoms with Crippen molar-refractivity contribution in [3.8, 4) is 5.69 Å². The van der Waals surface area contributed by atoms with Crippen LogP contribution in [-0.2, 0) is 0 Å². The summed E-state index contributed by atoms with van der Waals surface area (Å²) in [5, 5.41) is 6.97. The minimum absolute atomic E-state index is 0.528. The van der Waals surface area contributed by atoms with Gasteiger partial charge in [0.15, 0.2) is 0 Å². The van der Waals surface area contributed by atoms with Gasteiger partial charge in [0.1, 0.15) is 0 Å². The predicted octanol–water partition coefficient (Wildman–Crippen LogP) is 4.49. The van der Waals surface area contributed by atoms with E-state index in [4.69, 9.17) is 16.7 Å². The average molecular weight is 326 g/mol. The lowest BCUT2D eigenvalue weighted by Gasteiger charge is -2.28. The quantitative estimate of drug-likeness (QED) is 0.692. The largest absolute Gasteiger partial charge is 0.306 e. The average Bonchev–Trinajstić information content (AvgIpc) is 2.96. The molecule has 0 radical (unpaired) electrons. The first-order chi connectivity index (χ1) is 11.2. The molecule has 0 spiro atoms. The zero-order valence-electron chi connectivity index (χ0n) is 13.2. The standard InChI is InChI=1S/C19H20ClN3/c1-22-12-10-14(11-13-22)19-15-6-2-4-8-17(15)23(21-19)18-9-5-3-7-16(18)20/h2-9,14H,10-13H2,1H3. The fourth-order valence-corrected chi connectivity index (χ4v) is 3.70. The molecule has 1 aliphatic heterocycles. The van der Waals surface area contributed by atoms with Crippen molar-refractivity contribution in [1.82, 2.24) is 14.7 Å². The van der Waals surface area contributed by atoms with E-state index in [1.807, 2.05) is 28.9 Å². The van der Waals surface area contributed by atoms with Gasteiger partial charge < -0.3 is 4.90 Å². The maximum atomic E-state index is 6.41. The Hall–Kier alpha value is -1.84. The highest BCUT2D eigenvalue weighted by molar-refractivity contribution is 6.32. The number of hydrogen-bond acceptors (Lipinski definition) is 2. The molecule has 1 saturated heterocycles. The second-order valence-corrected chi connectivity index (χ2v) is 6.75. The summed E-state index contributed by atoms with van der Waals surface area (Å²) in [5.74, 6) is 0.528. The van der Waals surface area contributed by atoms with Gasteiger partial charge in [-0.05, 0) is 51.2 Å². The SMILES string of the molecule is CN1CCC(c2nn(-c3ccccc3Cl)c3ccccc23)CC1. The molecule has 3 nitrogen and oxygen atoms in total. The molecule has 0 saturated carbocycles. The van der Waals surface area contributed by atoms with Crippen molar-refractivity contribution in [3.63, 3.8) is 0 Å². The maximum Gasteiger partial charge on any atom is 0.0839 e. The number of aromatic nitrogens is 2. The monoisotopic (exact) mass is 325 g/mol. The van der Waals surface area contributed by atoms with Crippen LogP contribution in [0.4, 0.5) is 0 Å². The number of hydrogen-bond donors (Lipinski definition) is 0. The van der Waals surface area contributed by atoms with Gasteiger partial charge in [-0.3, -0.25) is 0 Å². The van der Waals surface area contributed by atoms with E-state index in [0.717, 1.165) is 29.3 Å². The van der Waals surface area contributed by atoms with Crippen molar-refractivity contribution < 1.29 is 0 Å². The summed E-state index contributed by atoms with van der Waals surface area (Å²) >= 11 is 6.41. The van der Waals surface area contributed by atoms with Crippen LogP contribution in [-0.4, -0.2) is 34.8 Å². The number of fused-ring (bicyclic) bond motifs is 1. The van der Waals surface area contributed by atoms with Crippen LogP contribution >= 0.6 is 11.6 Å². The fourth-order valence-electron chi connectivity index (χ4n) is 3.48. The van der Waals surface area contributed by atoms with Crippen molar-refractivity contribution in [3.05, 3.63) is 59.2 Å². The van der Waals surface area contributed by atoms with Crippen molar-refractivity contribution in [2.45, 2.75) is 18.8 Å². The molecular weight excluding hydrogens is 306 g/mol. The third-order valence-electron chi connectivity index (χ3n) is 4.80. The summed E-state index contributed by atoms with van der Waals surface area (Å²) in [4.78, 5) is 2.39. The molecule has 2 aromatic carbocycles. The third kappa shape index (κ3) is 2.64. The summed E-state index contributed by atoms with van der Waals surface area (Å²) < 4.78 is 2.01. The van der Waals surface area contributed by atoms with Gasteiger partial charge >= 0.3 is 0 Å². The Morgan fingerprint density at radius 2 is 1.70 bits per heavy atom. The van der Waals surface area contributed by atoms with Crippen LogP contribution in [0, 0.1) is 0 Å². The van der Waals surface area contributed by atoms with Crippen LogP contribution < -0.4 is 0 Å². The Labute approximate surface area is 141 Å². The second-order valence-electron chi connectivity index (χ2n) is 6.34. The van der Waals surface area contributed by atoms with Crippen molar-refractivity contribution in [1.29, 1.82) is 0 Å². The second kappa shape index (κ2) is 5.99. The van der Waals surface area contributed by atoms with Gasteiger partial charge in [-0.2, -0.15) is 5.10 Å². The first-order valence-electron chi connectivity index (χ1n) is 8.15. The smallest absolute Gasteiger partial charge is 0.0839 e. The van der Waals surface area contributed by atoms with E-state index in [2.05, 4.69) is 36.2 Å². The van der Waals surface area contributed by atoms with Crippen LogP contribution in [0.2, 0.25) is 5.02 Å². The van der Waals surface area contributed by atoms with E-state index in [9.17, 15) is 0 Å². The minimum Gasteiger partial charge on any atom is -0.306 e. The minimum atomic E-state index is 0.528. The molecule has 0 aliphatic carbocycles. The fraction of sp³-hybridized carbons (Fsp3) is 0.316. The normalized spacial score (nSPS) is 17.0. The van der Waals surface area contributed by atoms with Gasteiger partial charge in [-0.25, -0.2) is 4.68 Å². The molecule has 4 heteroatoms. The van der Waals surface area contributed by atoms with E-state index in [0.29, 0.717) is 5.92 Å². The van der Waals surface area contributed by atoms with Gasteiger partial charge in [0.25, 0.3) is 0 Å². The molecule has 1 aromatic heterocycles. The number of nitrogens with zero attached hydrogens (tertiary/aromatic N) is 3. The van der Waals surface area contributed by atoms with Gasteiger partial charge in [-0.1, -0.05) is 41.9 Å². The van der Waals surface area contributed by atoms with Gasteiger partial charge in [-0.15, -0.1) is 0 Å². The molecule has 0 atom stereocenters. The Bertz CT molecular complexity index is 832. The molecule has 1 fully saturated rings. The molecule has 1 aliphatic rings. The molecule has 0 bridgehead atoms. The van der Waals surface area contributed by atoms with Gasteiger partial charge in [0, 0.05) is 11.3 Å². The lowest BCUT2D eigenvalue weighted by atomic mass is 9.92. The number of rotatable bonds is 2. The van der Waals surface area contributed by atoms with E-state index in [-0.39, 0.29) is 0 Å². The zero-order chi connectivity index (χ0) is 15.8. The van der Waals surface area contributed by atoms with Gasteiger partial charge in [0.05, 0.1) is 21.9 Å². The van der Waals surface area contributed by atoms with Gasteiger partial charge in [0.2, 0.25) is 0 Å². The lowest BCUT2D eigenvalue weighted by molar-refractivity contribution is 0.253. The highest BCUT2D eigenvalue weighted by Gasteiger charge is 2.24. The van der Waals surface area contributed by atoms with Crippen molar-refractivity contribution in [2.24, 2.45) is 0 Å². The summed E-state index contributed by atoms with van der Waals surface area (Å²) in [5.41, 5.74) is 3.30. The molecule has 118 valence electrons. The summed E-state index contributed by atoms with van der Waals surface area (Å²) in [7, 11) is 2.19.